The molecular formula is C67H134N2O7P+. The minimum atomic E-state index is -4.44. The van der Waals surface area contributed by atoms with Crippen molar-refractivity contribution in [3.05, 3.63) is 12.2 Å². The smallest absolute Gasteiger partial charge is 0.456 e. The highest BCUT2D eigenvalue weighted by molar-refractivity contribution is 7.47. The first-order valence-electron chi connectivity index (χ1n) is 34.0. The van der Waals surface area contributed by atoms with E-state index in [1.807, 2.05) is 33.3 Å². The molecule has 3 atom stereocenters. The van der Waals surface area contributed by atoms with E-state index in [1.165, 1.54) is 263 Å². The summed E-state index contributed by atoms with van der Waals surface area (Å²) in [5.74, 6) is -0.481. The van der Waals surface area contributed by atoms with Gasteiger partial charge in [0, 0.05) is 12.8 Å². The Labute approximate surface area is 480 Å². The number of allylic oxidation sites excluding steroid dienone is 1. The van der Waals surface area contributed by atoms with E-state index in [0.29, 0.717) is 23.9 Å². The Balaban J connectivity index is 4.97. The number of nitrogens with zero attached hydrogens (tertiary/aromatic N) is 1. The second kappa shape index (κ2) is 58.0. The molecule has 10 heteroatoms. The number of rotatable bonds is 63. The standard InChI is InChI=1S/C67H133N2O7P/c1-7-10-13-16-19-22-25-27-29-30-31-32-33-34-35-36-37-38-40-42-45-48-51-54-57-60-67(71)76-65(58-55-52-49-46-43-24-21-18-15-12-9-3)64(63-75-77(72,73)74-62-61-69(4,5)6)68-66(70)59-56-53-50-47-44-41-39-28-26-23-20-17-14-11-8-2/h55,58,64-65H,7-54,56-57,59-63H2,1-6H3,(H-,68,70,72,73)/p+1/b58-55-. The summed E-state index contributed by atoms with van der Waals surface area (Å²) in [4.78, 5) is 37.7. The number of hydrogen-bond donors (Lipinski definition) is 2. The van der Waals surface area contributed by atoms with Gasteiger partial charge in [0.2, 0.25) is 5.91 Å². The molecule has 0 saturated heterocycles. The molecule has 0 aromatic carbocycles. The molecule has 0 heterocycles. The number of ether oxygens (including phenoxy) is 1. The largest absolute Gasteiger partial charge is 0.472 e. The Morgan fingerprint density at radius 3 is 1.06 bits per heavy atom. The minimum Gasteiger partial charge on any atom is -0.456 e. The fourth-order valence-electron chi connectivity index (χ4n) is 10.5. The monoisotopic (exact) mass is 1110 g/mol. The van der Waals surface area contributed by atoms with E-state index in [1.54, 1.807) is 0 Å². The number of carbonyl (C=O) groups excluding carboxylic acids is 2. The van der Waals surface area contributed by atoms with Gasteiger partial charge in [0.15, 0.2) is 0 Å². The number of phosphoric acid groups is 1. The zero-order valence-electron chi connectivity index (χ0n) is 52.5. The van der Waals surface area contributed by atoms with Crippen molar-refractivity contribution in [2.24, 2.45) is 0 Å². The molecule has 3 unspecified atom stereocenters. The molecule has 0 fully saturated rings. The molecule has 0 radical (unpaired) electrons. The molecule has 0 aliphatic heterocycles. The number of esters is 1. The predicted octanol–water partition coefficient (Wildman–Crippen LogP) is 21.1. The van der Waals surface area contributed by atoms with Crippen LogP contribution in [0.5, 0.6) is 0 Å². The van der Waals surface area contributed by atoms with Gasteiger partial charge in [-0.05, 0) is 31.8 Å². The average Bonchev–Trinajstić information content (AvgIpc) is 3.39. The topological polar surface area (TPSA) is 111 Å². The lowest BCUT2D eigenvalue weighted by atomic mass is 10.0. The number of carbonyl (C=O) groups is 2. The first-order chi connectivity index (χ1) is 37.4. The maximum atomic E-state index is 13.5. The lowest BCUT2D eigenvalue weighted by Gasteiger charge is -2.27. The number of nitrogens with one attached hydrogen (secondary N) is 1. The normalized spacial score (nSPS) is 13.6. The lowest BCUT2D eigenvalue weighted by Crippen LogP contribution is -2.47. The molecule has 0 aliphatic rings. The molecule has 458 valence electrons. The molecular weight excluding hydrogens is 976 g/mol. The van der Waals surface area contributed by atoms with Crippen LogP contribution in [-0.2, 0) is 27.9 Å². The second-order valence-electron chi connectivity index (χ2n) is 24.7. The summed E-state index contributed by atoms with van der Waals surface area (Å²) in [6.07, 6.45) is 68.0. The van der Waals surface area contributed by atoms with E-state index >= 15 is 0 Å². The van der Waals surface area contributed by atoms with Crippen LogP contribution in [0.3, 0.4) is 0 Å². The third-order valence-electron chi connectivity index (χ3n) is 15.7. The summed E-state index contributed by atoms with van der Waals surface area (Å²) in [7, 11) is 1.52. The zero-order chi connectivity index (χ0) is 56.4. The van der Waals surface area contributed by atoms with Crippen LogP contribution in [0.4, 0.5) is 0 Å². The average molecular weight is 1110 g/mol. The van der Waals surface area contributed by atoms with Gasteiger partial charge >= 0.3 is 13.8 Å². The second-order valence-corrected chi connectivity index (χ2v) is 26.2. The number of quaternary nitrogens is 1. The Hall–Kier alpha value is -1.25. The number of phosphoric ester groups is 1. The van der Waals surface area contributed by atoms with Gasteiger partial charge in [0.25, 0.3) is 0 Å². The third kappa shape index (κ3) is 59.2. The van der Waals surface area contributed by atoms with Crippen molar-refractivity contribution in [2.75, 3.05) is 40.9 Å². The summed E-state index contributed by atoms with van der Waals surface area (Å²) in [6, 6.07) is -0.839. The van der Waals surface area contributed by atoms with E-state index in [0.717, 1.165) is 57.8 Å². The highest BCUT2D eigenvalue weighted by Gasteiger charge is 2.30. The summed E-state index contributed by atoms with van der Waals surface area (Å²) in [5, 5.41) is 3.07. The molecule has 0 aliphatic carbocycles. The number of unbranched alkanes of at least 4 members (excludes halogenated alkanes) is 47. The molecule has 2 N–H and O–H groups in total. The first-order valence-corrected chi connectivity index (χ1v) is 35.5. The van der Waals surface area contributed by atoms with Crippen LogP contribution in [0.2, 0.25) is 0 Å². The van der Waals surface area contributed by atoms with Gasteiger partial charge in [0.05, 0.1) is 33.8 Å². The van der Waals surface area contributed by atoms with Crippen molar-refractivity contribution in [3.63, 3.8) is 0 Å². The summed E-state index contributed by atoms with van der Waals surface area (Å²) in [5.41, 5.74) is 0. The zero-order valence-corrected chi connectivity index (χ0v) is 53.4. The van der Waals surface area contributed by atoms with Gasteiger partial charge in [-0.2, -0.15) is 0 Å². The van der Waals surface area contributed by atoms with Crippen molar-refractivity contribution >= 4 is 19.7 Å². The quantitative estimate of drug-likeness (QED) is 0.0205. The SMILES string of the molecule is CCCCCCCCCCC/C=C\C(OC(=O)CCCCCCCCCCCCCCCCCCCCCCCCCCC)C(COP(=O)(O)OCC[N+](C)(C)C)NC(=O)CCCCCCCCCCCCCCCCC. The summed E-state index contributed by atoms with van der Waals surface area (Å²) in [6.45, 7) is 7.07. The van der Waals surface area contributed by atoms with E-state index in [9.17, 15) is 19.0 Å². The van der Waals surface area contributed by atoms with Crippen molar-refractivity contribution in [2.45, 2.75) is 367 Å². The van der Waals surface area contributed by atoms with Gasteiger partial charge in [-0.3, -0.25) is 18.6 Å². The predicted molar refractivity (Wildman–Crippen MR) is 333 cm³/mol. The summed E-state index contributed by atoms with van der Waals surface area (Å²) < 4.78 is 30.7. The molecule has 9 nitrogen and oxygen atoms in total. The van der Waals surface area contributed by atoms with Crippen LogP contribution in [-0.4, -0.2) is 74.3 Å². The molecule has 0 spiro atoms. The minimum absolute atomic E-state index is 0.0458. The Morgan fingerprint density at radius 1 is 0.442 bits per heavy atom. The fraction of sp³-hybridized carbons (Fsp3) is 0.940. The lowest BCUT2D eigenvalue weighted by molar-refractivity contribution is -0.870. The van der Waals surface area contributed by atoms with Gasteiger partial charge in [-0.15, -0.1) is 0 Å². The van der Waals surface area contributed by atoms with Crippen molar-refractivity contribution in [1.29, 1.82) is 0 Å². The first kappa shape index (κ1) is 75.8. The maximum Gasteiger partial charge on any atom is 0.472 e. The van der Waals surface area contributed by atoms with E-state index in [4.69, 9.17) is 13.8 Å². The van der Waals surface area contributed by atoms with Gasteiger partial charge in [-0.1, -0.05) is 322 Å². The van der Waals surface area contributed by atoms with Crippen molar-refractivity contribution in [1.82, 2.24) is 5.32 Å². The Kier molecular flexibility index (Phi) is 57.0. The molecule has 1 amide bonds. The fourth-order valence-corrected chi connectivity index (χ4v) is 11.2. The van der Waals surface area contributed by atoms with Crippen molar-refractivity contribution < 1.29 is 37.3 Å². The molecule has 0 saturated carbocycles. The highest BCUT2D eigenvalue weighted by atomic mass is 31.2. The van der Waals surface area contributed by atoms with Crippen LogP contribution in [0.15, 0.2) is 12.2 Å². The van der Waals surface area contributed by atoms with Crippen LogP contribution in [0.1, 0.15) is 355 Å². The third-order valence-corrected chi connectivity index (χ3v) is 16.7. The van der Waals surface area contributed by atoms with E-state index in [-0.39, 0.29) is 25.1 Å². The van der Waals surface area contributed by atoms with E-state index in [2.05, 4.69) is 26.1 Å². The summed E-state index contributed by atoms with van der Waals surface area (Å²) >= 11 is 0. The van der Waals surface area contributed by atoms with Crippen LogP contribution in [0.25, 0.3) is 0 Å². The van der Waals surface area contributed by atoms with Gasteiger partial charge in [0.1, 0.15) is 19.3 Å². The van der Waals surface area contributed by atoms with Crippen LogP contribution < -0.4 is 5.32 Å². The van der Waals surface area contributed by atoms with Crippen LogP contribution in [0, 0.1) is 0 Å². The number of amides is 1. The molecule has 0 aromatic rings. The highest BCUT2D eigenvalue weighted by Crippen LogP contribution is 2.43. The number of likely N-dealkylation sites (N-methyl/N-ethyl adjacent to an activating group) is 1. The molecule has 77 heavy (non-hydrogen) atoms. The Bertz CT molecular complexity index is 1320. The maximum absolute atomic E-state index is 13.5. The molecule has 0 rings (SSSR count). The van der Waals surface area contributed by atoms with Gasteiger partial charge < -0.3 is 19.4 Å². The number of hydrogen-bond acceptors (Lipinski definition) is 6. The van der Waals surface area contributed by atoms with Crippen molar-refractivity contribution in [3.8, 4) is 0 Å². The van der Waals surface area contributed by atoms with Gasteiger partial charge in [-0.25, -0.2) is 4.57 Å². The van der Waals surface area contributed by atoms with Crippen LogP contribution >= 0.6 is 7.82 Å². The van der Waals surface area contributed by atoms with E-state index < -0.39 is 20.0 Å². The Morgan fingerprint density at radius 2 is 0.740 bits per heavy atom. The molecule has 0 bridgehead atoms. The molecule has 0 aromatic heterocycles.